The van der Waals surface area contributed by atoms with Crippen LogP contribution in [0.4, 0.5) is 25.0 Å². The standard InChI is InChI=1S/C35H37F2N5O4S/c1-23(43)39-28-5-8-31(9-6-28)47(45,46)41-15-12-24(13-16-41)22-42(34(44)40-29-7-10-32(36)33(37)19-29)30-11-14-35(20-27(35)18-30)26-4-2-3-25(17-26)21-38/h2-10,17,19,24,27,30H,11-16,18,20,22H2,1H3,(H,39,43)(H,40,44)/t27?,30-,35+/m1/s1. The summed E-state index contributed by atoms with van der Waals surface area (Å²) in [7, 11) is -3.74. The van der Waals surface area contributed by atoms with Gasteiger partial charge in [-0.3, -0.25) is 4.79 Å². The Labute approximate surface area is 273 Å². The summed E-state index contributed by atoms with van der Waals surface area (Å²) in [5, 5.41) is 14.8. The van der Waals surface area contributed by atoms with E-state index in [0.717, 1.165) is 43.4 Å². The topological polar surface area (TPSA) is 123 Å². The van der Waals surface area contributed by atoms with Gasteiger partial charge in [0.2, 0.25) is 15.9 Å². The van der Waals surface area contributed by atoms with E-state index < -0.39 is 27.7 Å². The zero-order valence-corrected chi connectivity index (χ0v) is 26.9. The van der Waals surface area contributed by atoms with Crippen molar-refractivity contribution in [2.45, 2.75) is 61.8 Å². The van der Waals surface area contributed by atoms with Gasteiger partial charge in [-0.1, -0.05) is 12.1 Å². The lowest BCUT2D eigenvalue weighted by Gasteiger charge is -2.40. The highest BCUT2D eigenvalue weighted by molar-refractivity contribution is 7.89. The number of piperidine rings is 1. The quantitative estimate of drug-likeness (QED) is 0.296. The lowest BCUT2D eigenvalue weighted by molar-refractivity contribution is -0.114. The summed E-state index contributed by atoms with van der Waals surface area (Å²) in [6.45, 7) is 2.38. The van der Waals surface area contributed by atoms with Crippen LogP contribution in [-0.4, -0.2) is 55.2 Å². The van der Waals surface area contributed by atoms with Gasteiger partial charge < -0.3 is 15.5 Å². The molecule has 1 unspecified atom stereocenters. The minimum atomic E-state index is -3.74. The van der Waals surface area contributed by atoms with Crippen molar-refractivity contribution in [3.8, 4) is 6.07 Å². The molecule has 6 rings (SSSR count). The van der Waals surface area contributed by atoms with Crippen LogP contribution in [0.15, 0.2) is 71.6 Å². The van der Waals surface area contributed by atoms with E-state index in [0.29, 0.717) is 49.6 Å². The number of rotatable bonds is 8. The average Bonchev–Trinajstić information content (AvgIpc) is 3.81. The molecule has 3 aromatic rings. The van der Waals surface area contributed by atoms with Crippen molar-refractivity contribution in [3.05, 3.63) is 89.5 Å². The summed E-state index contributed by atoms with van der Waals surface area (Å²) < 4.78 is 55.8. The number of carbonyl (C=O) groups excluding carboxylic acids is 2. The average molecular weight is 662 g/mol. The van der Waals surface area contributed by atoms with E-state index in [4.69, 9.17) is 0 Å². The lowest BCUT2D eigenvalue weighted by atomic mass is 9.79. The molecule has 9 nitrogen and oxygen atoms in total. The Bertz CT molecular complexity index is 1820. The van der Waals surface area contributed by atoms with Crippen molar-refractivity contribution in [3.63, 3.8) is 0 Å². The number of carbonyl (C=O) groups is 2. The third-order valence-corrected chi connectivity index (χ3v) is 11.9. The van der Waals surface area contributed by atoms with Crippen LogP contribution >= 0.6 is 0 Å². The number of sulfonamides is 1. The van der Waals surface area contributed by atoms with Gasteiger partial charge in [0.15, 0.2) is 11.6 Å². The van der Waals surface area contributed by atoms with Crippen LogP contribution < -0.4 is 10.6 Å². The smallest absolute Gasteiger partial charge is 0.322 e. The van der Waals surface area contributed by atoms with Crippen LogP contribution in [0, 0.1) is 34.8 Å². The van der Waals surface area contributed by atoms with Gasteiger partial charge in [0, 0.05) is 50.0 Å². The molecular formula is C35H37F2N5O4S. The third kappa shape index (κ3) is 6.87. The summed E-state index contributed by atoms with van der Waals surface area (Å²) in [5.41, 5.74) is 2.47. The molecule has 12 heteroatoms. The van der Waals surface area contributed by atoms with E-state index >= 15 is 0 Å². The fourth-order valence-corrected chi connectivity index (χ4v) is 8.86. The van der Waals surface area contributed by atoms with Gasteiger partial charge in [-0.25, -0.2) is 22.0 Å². The summed E-state index contributed by atoms with van der Waals surface area (Å²) in [6, 6.07) is 18.9. The van der Waals surface area contributed by atoms with Crippen molar-refractivity contribution < 1.29 is 26.8 Å². The first kappa shape index (κ1) is 32.6. The number of fused-ring (bicyclic) bond motifs is 1. The number of benzene rings is 3. The molecule has 3 aliphatic rings. The predicted octanol–water partition coefficient (Wildman–Crippen LogP) is 6.24. The molecule has 0 spiro atoms. The zero-order chi connectivity index (χ0) is 33.3. The molecular weight excluding hydrogens is 624 g/mol. The van der Waals surface area contributed by atoms with Gasteiger partial charge in [0.25, 0.3) is 0 Å². The minimum Gasteiger partial charge on any atom is -0.326 e. The fourth-order valence-electron chi connectivity index (χ4n) is 7.39. The van der Waals surface area contributed by atoms with Crippen LogP contribution in [0.5, 0.6) is 0 Å². The Hall–Kier alpha value is -4.34. The molecule has 2 N–H and O–H groups in total. The maximum absolute atomic E-state index is 14.0. The first-order chi connectivity index (χ1) is 22.5. The number of halogens is 2. The summed E-state index contributed by atoms with van der Waals surface area (Å²) in [5.74, 6) is -1.89. The Morgan fingerprint density at radius 3 is 2.36 bits per heavy atom. The minimum absolute atomic E-state index is 0.00558. The number of nitrogens with zero attached hydrogens (tertiary/aromatic N) is 3. The van der Waals surface area contributed by atoms with E-state index in [9.17, 15) is 32.0 Å². The highest BCUT2D eigenvalue weighted by atomic mass is 32.2. The van der Waals surface area contributed by atoms with Gasteiger partial charge in [0.1, 0.15) is 0 Å². The van der Waals surface area contributed by atoms with Crippen LogP contribution in [0.25, 0.3) is 0 Å². The van der Waals surface area contributed by atoms with Gasteiger partial charge in [-0.05, 0) is 110 Å². The summed E-state index contributed by atoms with van der Waals surface area (Å²) >= 11 is 0. The van der Waals surface area contributed by atoms with E-state index in [-0.39, 0.29) is 33.9 Å². The Balaban J connectivity index is 1.14. The van der Waals surface area contributed by atoms with Crippen LogP contribution in [0.1, 0.15) is 56.6 Å². The number of urea groups is 1. The molecule has 0 radical (unpaired) electrons. The van der Waals surface area contributed by atoms with Gasteiger partial charge in [0.05, 0.1) is 16.5 Å². The molecule has 2 saturated carbocycles. The third-order valence-electron chi connectivity index (χ3n) is 9.99. The number of hydrogen-bond donors (Lipinski definition) is 2. The molecule has 1 heterocycles. The van der Waals surface area contributed by atoms with Gasteiger partial charge >= 0.3 is 6.03 Å². The van der Waals surface area contributed by atoms with Gasteiger partial charge in [-0.15, -0.1) is 0 Å². The highest BCUT2D eigenvalue weighted by Gasteiger charge is 2.58. The molecule has 246 valence electrons. The maximum atomic E-state index is 14.0. The maximum Gasteiger partial charge on any atom is 0.322 e. The van der Waals surface area contributed by atoms with E-state index in [2.05, 4.69) is 22.8 Å². The number of nitriles is 1. The Kier molecular flexibility index (Phi) is 9.05. The second-order valence-corrected chi connectivity index (χ2v) is 14.9. The molecule has 3 atom stereocenters. The second kappa shape index (κ2) is 13.0. The molecule has 47 heavy (non-hydrogen) atoms. The van der Waals surface area contributed by atoms with Crippen molar-refractivity contribution in [1.82, 2.24) is 9.21 Å². The SMILES string of the molecule is CC(=O)Nc1ccc(S(=O)(=O)N2CCC(CN(C(=O)Nc3ccc(F)c(F)c3)[C@@H]3CC[C@@]4(c5cccc(C#N)c5)CC4C3)CC2)cc1. The van der Waals surface area contributed by atoms with E-state index in [1.807, 2.05) is 17.0 Å². The van der Waals surface area contributed by atoms with Crippen LogP contribution in [0.2, 0.25) is 0 Å². The molecule has 3 fully saturated rings. The summed E-state index contributed by atoms with van der Waals surface area (Å²) in [6.07, 6.45) is 4.49. The number of nitrogens with one attached hydrogen (secondary N) is 2. The van der Waals surface area contributed by atoms with Crippen LogP contribution in [-0.2, 0) is 20.2 Å². The fraction of sp³-hybridized carbons (Fsp3) is 0.400. The molecule has 3 amide bonds. The first-order valence-electron chi connectivity index (χ1n) is 15.9. The normalized spacial score (nSPS) is 22.9. The molecule has 0 aromatic heterocycles. The summed E-state index contributed by atoms with van der Waals surface area (Å²) in [4.78, 5) is 27.0. The molecule has 1 saturated heterocycles. The van der Waals surface area contributed by atoms with Crippen molar-refractivity contribution in [2.75, 3.05) is 30.3 Å². The Morgan fingerprint density at radius 1 is 0.979 bits per heavy atom. The van der Waals surface area contributed by atoms with Crippen molar-refractivity contribution in [2.24, 2.45) is 11.8 Å². The molecule has 0 bridgehead atoms. The number of anilines is 2. The monoisotopic (exact) mass is 661 g/mol. The van der Waals surface area contributed by atoms with Crippen LogP contribution in [0.3, 0.4) is 0 Å². The second-order valence-electron chi connectivity index (χ2n) is 12.9. The van der Waals surface area contributed by atoms with Crippen molar-refractivity contribution in [1.29, 1.82) is 5.26 Å². The van der Waals surface area contributed by atoms with E-state index in [1.165, 1.54) is 29.4 Å². The predicted molar refractivity (Wildman–Crippen MR) is 173 cm³/mol. The number of amides is 3. The largest absolute Gasteiger partial charge is 0.326 e. The van der Waals surface area contributed by atoms with E-state index in [1.54, 1.807) is 18.2 Å². The molecule has 3 aromatic carbocycles. The Morgan fingerprint density at radius 2 is 1.70 bits per heavy atom. The molecule has 2 aliphatic carbocycles. The lowest BCUT2D eigenvalue weighted by Crippen LogP contribution is -2.49. The first-order valence-corrected chi connectivity index (χ1v) is 17.3. The molecule has 1 aliphatic heterocycles. The van der Waals surface area contributed by atoms with Gasteiger partial charge in [-0.2, -0.15) is 9.57 Å². The highest BCUT2D eigenvalue weighted by Crippen LogP contribution is 2.63. The van der Waals surface area contributed by atoms with Crippen molar-refractivity contribution >= 4 is 33.3 Å². The number of hydrogen-bond acceptors (Lipinski definition) is 5. The zero-order valence-electron chi connectivity index (χ0n) is 26.1.